The first-order valence-electron chi connectivity index (χ1n) is 5.76. The highest BCUT2D eigenvalue weighted by molar-refractivity contribution is 5.54. The van der Waals surface area contributed by atoms with Crippen LogP contribution in [0.25, 0.3) is 5.69 Å². The van der Waals surface area contributed by atoms with Gasteiger partial charge in [-0.3, -0.25) is 10.1 Å². The number of nitro benzene ring substituents is 1. The first kappa shape index (κ1) is 12.8. The van der Waals surface area contributed by atoms with Crippen molar-refractivity contribution in [1.29, 1.82) is 5.26 Å². The summed E-state index contributed by atoms with van der Waals surface area (Å²) in [7, 11) is 0. The largest absolute Gasteiger partial charge is 0.270 e. The van der Waals surface area contributed by atoms with Crippen LogP contribution in [0.5, 0.6) is 0 Å². The third-order valence-corrected chi connectivity index (χ3v) is 2.83. The zero-order valence-corrected chi connectivity index (χ0v) is 10.6. The van der Waals surface area contributed by atoms with Gasteiger partial charge in [0.05, 0.1) is 22.4 Å². The molecule has 6 nitrogen and oxygen atoms in total. The van der Waals surface area contributed by atoms with E-state index in [9.17, 15) is 10.1 Å². The Morgan fingerprint density at radius 1 is 1.47 bits per heavy atom. The van der Waals surface area contributed by atoms with Crippen LogP contribution in [-0.2, 0) is 0 Å². The smallest absolute Gasteiger partial charge is 0.258 e. The van der Waals surface area contributed by atoms with Crippen LogP contribution in [-0.4, -0.2) is 14.7 Å². The van der Waals surface area contributed by atoms with Crippen LogP contribution < -0.4 is 0 Å². The maximum Gasteiger partial charge on any atom is 0.270 e. The SMILES string of the molecule is CC(C)c1cnn(-c2ccc([N+](=O)[O-])cc2C#N)c1. The molecule has 0 bridgehead atoms. The summed E-state index contributed by atoms with van der Waals surface area (Å²) >= 11 is 0. The van der Waals surface area contributed by atoms with Gasteiger partial charge in [0.15, 0.2) is 0 Å². The molecular weight excluding hydrogens is 244 g/mol. The molecule has 0 saturated carbocycles. The fraction of sp³-hybridized carbons (Fsp3) is 0.231. The van der Waals surface area contributed by atoms with Crippen LogP contribution in [0, 0.1) is 21.4 Å². The van der Waals surface area contributed by atoms with Crippen molar-refractivity contribution in [3.05, 3.63) is 51.8 Å². The van der Waals surface area contributed by atoms with E-state index in [1.165, 1.54) is 18.2 Å². The fourth-order valence-corrected chi connectivity index (χ4v) is 1.69. The standard InChI is InChI=1S/C13H12N4O2/c1-9(2)11-7-15-16(8-11)13-4-3-12(17(18)19)5-10(13)6-14/h3-5,7-9H,1-2H3. The van der Waals surface area contributed by atoms with Gasteiger partial charge >= 0.3 is 0 Å². The molecule has 2 aromatic rings. The molecule has 0 fully saturated rings. The zero-order valence-electron chi connectivity index (χ0n) is 10.6. The van der Waals surface area contributed by atoms with Gasteiger partial charge in [-0.25, -0.2) is 4.68 Å². The third kappa shape index (κ3) is 2.45. The van der Waals surface area contributed by atoms with Crippen LogP contribution in [0.3, 0.4) is 0 Å². The van der Waals surface area contributed by atoms with Crippen LogP contribution in [0.2, 0.25) is 0 Å². The monoisotopic (exact) mass is 256 g/mol. The van der Waals surface area contributed by atoms with E-state index >= 15 is 0 Å². The first-order valence-corrected chi connectivity index (χ1v) is 5.76. The molecule has 0 aliphatic rings. The normalized spacial score (nSPS) is 10.4. The van der Waals surface area contributed by atoms with Crippen molar-refractivity contribution < 1.29 is 4.92 Å². The molecule has 0 amide bonds. The van der Waals surface area contributed by atoms with Crippen molar-refractivity contribution in [2.75, 3.05) is 0 Å². The predicted octanol–water partition coefficient (Wildman–Crippen LogP) is 2.78. The minimum Gasteiger partial charge on any atom is -0.258 e. The van der Waals surface area contributed by atoms with Gasteiger partial charge in [0.1, 0.15) is 6.07 Å². The van der Waals surface area contributed by atoms with Crippen LogP contribution >= 0.6 is 0 Å². The molecule has 1 heterocycles. The molecule has 0 atom stereocenters. The van der Waals surface area contributed by atoms with Gasteiger partial charge in [0.25, 0.3) is 5.69 Å². The maximum absolute atomic E-state index is 10.7. The summed E-state index contributed by atoms with van der Waals surface area (Å²) < 4.78 is 1.57. The Balaban J connectivity index is 2.50. The Hall–Kier alpha value is -2.68. The molecule has 1 aromatic heterocycles. The summed E-state index contributed by atoms with van der Waals surface area (Å²) in [5, 5.41) is 24.0. The first-order chi connectivity index (χ1) is 9.02. The lowest BCUT2D eigenvalue weighted by Crippen LogP contribution is -1.99. The Labute approximate surface area is 110 Å². The molecular formula is C13H12N4O2. The molecule has 0 aliphatic carbocycles. The van der Waals surface area contributed by atoms with Crippen LogP contribution in [0.1, 0.15) is 30.9 Å². The van der Waals surface area contributed by atoms with Gasteiger partial charge in [-0.15, -0.1) is 0 Å². The number of rotatable bonds is 3. The van der Waals surface area contributed by atoms with Crippen molar-refractivity contribution in [3.8, 4) is 11.8 Å². The summed E-state index contributed by atoms with van der Waals surface area (Å²) in [5.74, 6) is 0.331. The van der Waals surface area contributed by atoms with E-state index in [1.54, 1.807) is 10.9 Å². The Morgan fingerprint density at radius 3 is 2.74 bits per heavy atom. The van der Waals surface area contributed by atoms with Gasteiger partial charge in [-0.1, -0.05) is 13.8 Å². The summed E-state index contributed by atoms with van der Waals surface area (Å²) in [6.45, 7) is 4.09. The Bertz CT molecular complexity index is 668. The average Bonchev–Trinajstić information content (AvgIpc) is 2.87. The number of nitro groups is 1. The summed E-state index contributed by atoms with van der Waals surface area (Å²) in [4.78, 5) is 10.2. The Morgan fingerprint density at radius 2 is 2.21 bits per heavy atom. The van der Waals surface area contributed by atoms with Gasteiger partial charge in [0.2, 0.25) is 0 Å². The van der Waals surface area contributed by atoms with Crippen LogP contribution in [0.15, 0.2) is 30.6 Å². The molecule has 0 saturated heterocycles. The van der Waals surface area contributed by atoms with Crippen molar-refractivity contribution in [2.24, 2.45) is 0 Å². The maximum atomic E-state index is 10.7. The third-order valence-electron chi connectivity index (χ3n) is 2.83. The van der Waals surface area contributed by atoms with E-state index in [2.05, 4.69) is 5.10 Å². The minimum absolute atomic E-state index is 0.100. The van der Waals surface area contributed by atoms with Crippen molar-refractivity contribution >= 4 is 5.69 Å². The lowest BCUT2D eigenvalue weighted by molar-refractivity contribution is -0.384. The van der Waals surface area contributed by atoms with Gasteiger partial charge in [0, 0.05) is 18.3 Å². The highest BCUT2D eigenvalue weighted by atomic mass is 16.6. The number of aromatic nitrogens is 2. The number of hydrogen-bond acceptors (Lipinski definition) is 4. The zero-order chi connectivity index (χ0) is 14.0. The second kappa shape index (κ2) is 4.90. The average molecular weight is 256 g/mol. The minimum atomic E-state index is -0.521. The summed E-state index contributed by atoms with van der Waals surface area (Å²) in [6, 6.07) is 6.12. The molecule has 6 heteroatoms. The van der Waals surface area contributed by atoms with E-state index in [-0.39, 0.29) is 11.3 Å². The molecule has 0 aliphatic heterocycles. The summed E-state index contributed by atoms with van der Waals surface area (Å²) in [6.07, 6.45) is 3.56. The van der Waals surface area contributed by atoms with E-state index < -0.39 is 4.92 Å². The number of hydrogen-bond donors (Lipinski definition) is 0. The fourth-order valence-electron chi connectivity index (χ4n) is 1.69. The number of non-ortho nitro benzene ring substituents is 1. The lowest BCUT2D eigenvalue weighted by atomic mass is 10.1. The predicted molar refractivity (Wildman–Crippen MR) is 69.0 cm³/mol. The summed E-state index contributed by atoms with van der Waals surface area (Å²) in [5.41, 5.74) is 1.71. The molecule has 0 radical (unpaired) electrons. The number of benzene rings is 1. The topological polar surface area (TPSA) is 84.8 Å². The van der Waals surface area contributed by atoms with Gasteiger partial charge in [-0.2, -0.15) is 10.4 Å². The number of nitriles is 1. The molecule has 2 rings (SSSR count). The van der Waals surface area contributed by atoms with Crippen molar-refractivity contribution in [1.82, 2.24) is 9.78 Å². The molecule has 1 aromatic carbocycles. The molecule has 96 valence electrons. The Kier molecular flexibility index (Phi) is 3.29. The van der Waals surface area contributed by atoms with E-state index in [4.69, 9.17) is 5.26 Å². The number of nitrogens with zero attached hydrogens (tertiary/aromatic N) is 4. The van der Waals surface area contributed by atoms with E-state index in [0.717, 1.165) is 5.56 Å². The quantitative estimate of drug-likeness (QED) is 0.624. The van der Waals surface area contributed by atoms with Gasteiger partial charge < -0.3 is 0 Å². The molecule has 0 spiro atoms. The molecule has 0 N–H and O–H groups in total. The second-order valence-electron chi connectivity index (χ2n) is 4.44. The lowest BCUT2D eigenvalue weighted by Gasteiger charge is -2.04. The highest BCUT2D eigenvalue weighted by Crippen LogP contribution is 2.22. The molecule has 0 unspecified atom stereocenters. The second-order valence-corrected chi connectivity index (χ2v) is 4.44. The highest BCUT2D eigenvalue weighted by Gasteiger charge is 2.13. The van der Waals surface area contributed by atoms with Crippen molar-refractivity contribution in [3.63, 3.8) is 0 Å². The van der Waals surface area contributed by atoms with Gasteiger partial charge in [-0.05, 0) is 17.5 Å². The van der Waals surface area contributed by atoms with Crippen LogP contribution in [0.4, 0.5) is 5.69 Å². The molecule has 19 heavy (non-hydrogen) atoms. The van der Waals surface area contributed by atoms with E-state index in [0.29, 0.717) is 11.6 Å². The van der Waals surface area contributed by atoms with E-state index in [1.807, 2.05) is 26.1 Å². The van der Waals surface area contributed by atoms with Crippen molar-refractivity contribution in [2.45, 2.75) is 19.8 Å².